The fourth-order valence-corrected chi connectivity index (χ4v) is 6.53. The Morgan fingerprint density at radius 1 is 0.941 bits per heavy atom. The fourth-order valence-electron chi connectivity index (χ4n) is 3.51. The molecule has 0 saturated heterocycles. The van der Waals surface area contributed by atoms with Crippen molar-refractivity contribution in [2.24, 2.45) is 0 Å². The maximum Gasteiger partial charge on any atom is 0.308 e. The lowest BCUT2D eigenvalue weighted by atomic mass is 10.1. The largest absolute Gasteiger partial charge is 0.308 e. The van der Waals surface area contributed by atoms with Gasteiger partial charge >= 0.3 is 4.87 Å². The van der Waals surface area contributed by atoms with Crippen molar-refractivity contribution in [1.29, 1.82) is 0 Å². The highest BCUT2D eigenvalue weighted by molar-refractivity contribution is 7.90. The second kappa shape index (κ2) is 9.27. The summed E-state index contributed by atoms with van der Waals surface area (Å²) in [4.78, 5) is 12.6. The molecule has 1 heterocycles. The Bertz CT molecular complexity index is 1620. The minimum absolute atomic E-state index is 0.0412. The predicted octanol–water partition coefficient (Wildman–Crippen LogP) is 4.21. The summed E-state index contributed by atoms with van der Waals surface area (Å²) in [5.74, 6) is 0. The molecule has 7 nitrogen and oxygen atoms in total. The molecule has 1 N–H and O–H groups in total. The van der Waals surface area contributed by atoms with Crippen LogP contribution in [0, 0.1) is 0 Å². The van der Waals surface area contributed by atoms with E-state index in [9.17, 15) is 21.6 Å². The van der Waals surface area contributed by atoms with Crippen LogP contribution in [0.3, 0.4) is 0 Å². The molecule has 0 saturated carbocycles. The zero-order chi connectivity index (χ0) is 24.7. The monoisotopic (exact) mass is 536 g/mol. The number of hydrogen-bond donors (Lipinski definition) is 1. The maximum absolute atomic E-state index is 13.0. The summed E-state index contributed by atoms with van der Waals surface area (Å²) < 4.78 is 54.0. The van der Waals surface area contributed by atoms with Gasteiger partial charge in [-0.05, 0) is 60.5 Å². The quantitative estimate of drug-likeness (QED) is 0.381. The third-order valence-electron chi connectivity index (χ3n) is 5.34. The molecule has 0 aliphatic rings. The SMILES string of the molecule is C[C@H](NS(=O)(=O)c1ccc2c(c1)sc(=O)n2Cc1ccc(Cl)cc1)c1ccc(S(C)(=O)=O)cc1. The minimum atomic E-state index is -3.89. The first-order chi connectivity index (χ1) is 15.9. The van der Waals surface area contributed by atoms with Crippen molar-refractivity contribution >= 4 is 53.0 Å². The molecule has 0 unspecified atom stereocenters. The molecule has 0 aliphatic carbocycles. The lowest BCUT2D eigenvalue weighted by molar-refractivity contribution is 0.566. The van der Waals surface area contributed by atoms with Crippen molar-refractivity contribution in [2.45, 2.75) is 29.3 Å². The molecule has 0 fully saturated rings. The van der Waals surface area contributed by atoms with Gasteiger partial charge in [0.15, 0.2) is 9.84 Å². The lowest BCUT2D eigenvalue weighted by Crippen LogP contribution is -2.26. The molecular weight excluding hydrogens is 516 g/mol. The van der Waals surface area contributed by atoms with Crippen LogP contribution < -0.4 is 9.60 Å². The van der Waals surface area contributed by atoms with E-state index in [2.05, 4.69) is 4.72 Å². The molecule has 0 radical (unpaired) electrons. The standard InChI is InChI=1S/C23H21ClN2O5S3/c1-15(17-5-9-19(10-6-17)33(2,28)29)25-34(30,31)20-11-12-21-22(13-20)32-23(27)26(21)14-16-3-7-18(24)8-4-16/h3-13,15,25H,14H2,1-2H3/t15-/m0/s1. The Hall–Kier alpha value is -2.50. The van der Waals surface area contributed by atoms with Crippen LogP contribution in [0.2, 0.25) is 5.02 Å². The van der Waals surface area contributed by atoms with Crippen LogP contribution in [0.4, 0.5) is 0 Å². The number of nitrogens with zero attached hydrogens (tertiary/aromatic N) is 1. The lowest BCUT2D eigenvalue weighted by Gasteiger charge is -2.15. The number of rotatable bonds is 7. The van der Waals surface area contributed by atoms with Gasteiger partial charge in [-0.1, -0.05) is 47.2 Å². The molecule has 4 aromatic rings. The number of sulfonamides is 1. The van der Waals surface area contributed by atoms with E-state index < -0.39 is 25.9 Å². The van der Waals surface area contributed by atoms with Crippen LogP contribution in [0.25, 0.3) is 10.2 Å². The molecule has 1 aromatic heterocycles. The first-order valence-corrected chi connectivity index (χ1v) is 14.7. The Kier molecular flexibility index (Phi) is 6.71. The van der Waals surface area contributed by atoms with Crippen LogP contribution in [0.1, 0.15) is 24.1 Å². The van der Waals surface area contributed by atoms with Gasteiger partial charge in [0, 0.05) is 17.3 Å². The van der Waals surface area contributed by atoms with Crippen LogP contribution in [0.5, 0.6) is 0 Å². The van der Waals surface area contributed by atoms with Gasteiger partial charge in [0.25, 0.3) is 0 Å². The predicted molar refractivity (Wildman–Crippen MR) is 135 cm³/mol. The zero-order valence-electron chi connectivity index (χ0n) is 18.2. The molecule has 1 atom stereocenters. The van der Waals surface area contributed by atoms with Crippen LogP contribution in [-0.2, 0) is 26.4 Å². The van der Waals surface area contributed by atoms with E-state index in [4.69, 9.17) is 11.6 Å². The Labute approximate surface area is 206 Å². The fraction of sp³-hybridized carbons (Fsp3) is 0.174. The van der Waals surface area contributed by atoms with E-state index in [1.165, 1.54) is 24.3 Å². The van der Waals surface area contributed by atoms with Crippen molar-refractivity contribution in [3.63, 3.8) is 0 Å². The van der Waals surface area contributed by atoms with Gasteiger partial charge < -0.3 is 0 Å². The Morgan fingerprint density at radius 2 is 1.56 bits per heavy atom. The average molecular weight is 537 g/mol. The van der Waals surface area contributed by atoms with E-state index >= 15 is 0 Å². The highest BCUT2D eigenvalue weighted by atomic mass is 35.5. The summed E-state index contributed by atoms with van der Waals surface area (Å²) >= 11 is 6.91. The number of benzene rings is 3. The van der Waals surface area contributed by atoms with E-state index in [0.29, 0.717) is 27.3 Å². The van der Waals surface area contributed by atoms with E-state index in [0.717, 1.165) is 23.2 Å². The molecule has 34 heavy (non-hydrogen) atoms. The van der Waals surface area contributed by atoms with E-state index in [1.54, 1.807) is 41.8 Å². The van der Waals surface area contributed by atoms with Crippen LogP contribution in [-0.4, -0.2) is 27.7 Å². The number of hydrogen-bond acceptors (Lipinski definition) is 6. The summed E-state index contributed by atoms with van der Waals surface area (Å²) in [5, 5.41) is 0.606. The summed E-state index contributed by atoms with van der Waals surface area (Å²) in [6, 6.07) is 17.2. The molecule has 3 aromatic carbocycles. The Balaban J connectivity index is 1.59. The normalized spacial score (nSPS) is 13.3. The summed E-state index contributed by atoms with van der Waals surface area (Å²) in [6.45, 7) is 2.02. The molecule has 11 heteroatoms. The van der Waals surface area contributed by atoms with E-state index in [-0.39, 0.29) is 14.7 Å². The first-order valence-electron chi connectivity index (χ1n) is 10.1. The molecule has 0 amide bonds. The number of halogens is 1. The summed E-state index contributed by atoms with van der Waals surface area (Å²) in [7, 11) is -7.23. The smallest absolute Gasteiger partial charge is 0.294 e. The van der Waals surface area contributed by atoms with Crippen LogP contribution >= 0.6 is 22.9 Å². The number of aromatic nitrogens is 1. The minimum Gasteiger partial charge on any atom is -0.294 e. The highest BCUT2D eigenvalue weighted by Crippen LogP contribution is 2.25. The van der Waals surface area contributed by atoms with Gasteiger partial charge in [-0.15, -0.1) is 0 Å². The summed E-state index contributed by atoms with van der Waals surface area (Å²) in [6.07, 6.45) is 1.11. The molecule has 178 valence electrons. The second-order valence-electron chi connectivity index (χ2n) is 7.89. The van der Waals surface area contributed by atoms with Gasteiger partial charge in [0.2, 0.25) is 10.0 Å². The third kappa shape index (κ3) is 5.26. The molecule has 0 aliphatic heterocycles. The maximum atomic E-state index is 13.0. The number of nitrogens with one attached hydrogen (secondary N) is 1. The van der Waals surface area contributed by atoms with E-state index in [1.807, 2.05) is 12.1 Å². The summed E-state index contributed by atoms with van der Waals surface area (Å²) in [5.41, 5.74) is 2.17. The van der Waals surface area contributed by atoms with Crippen molar-refractivity contribution in [2.75, 3.05) is 6.26 Å². The number of thiazole rings is 1. The third-order valence-corrected chi connectivity index (χ3v) is 9.20. The molecule has 4 rings (SSSR count). The first kappa shape index (κ1) is 24.6. The molecular formula is C23H21ClN2O5S3. The van der Waals surface area contributed by atoms with Crippen molar-refractivity contribution in [3.8, 4) is 0 Å². The molecule has 0 bridgehead atoms. The Morgan fingerprint density at radius 3 is 2.18 bits per heavy atom. The highest BCUT2D eigenvalue weighted by Gasteiger charge is 2.20. The van der Waals surface area contributed by atoms with Crippen molar-refractivity contribution in [1.82, 2.24) is 9.29 Å². The van der Waals surface area contributed by atoms with Crippen molar-refractivity contribution < 1.29 is 16.8 Å². The van der Waals surface area contributed by atoms with Gasteiger partial charge in [-0.2, -0.15) is 0 Å². The van der Waals surface area contributed by atoms with Gasteiger partial charge in [0.1, 0.15) is 0 Å². The van der Waals surface area contributed by atoms with Gasteiger partial charge in [-0.3, -0.25) is 9.36 Å². The molecule has 0 spiro atoms. The topological polar surface area (TPSA) is 102 Å². The number of sulfone groups is 1. The average Bonchev–Trinajstić information content (AvgIpc) is 3.08. The van der Waals surface area contributed by atoms with Gasteiger partial charge in [0.05, 0.1) is 26.6 Å². The zero-order valence-corrected chi connectivity index (χ0v) is 21.4. The van der Waals surface area contributed by atoms with Crippen molar-refractivity contribution in [3.05, 3.63) is 92.5 Å². The second-order valence-corrected chi connectivity index (χ2v) is 13.1. The van der Waals surface area contributed by atoms with Crippen LogP contribution in [0.15, 0.2) is 81.3 Å². The number of fused-ring (bicyclic) bond motifs is 1. The van der Waals surface area contributed by atoms with Gasteiger partial charge in [-0.25, -0.2) is 21.6 Å².